The zero-order valence-electron chi connectivity index (χ0n) is 58.9. The summed E-state index contributed by atoms with van der Waals surface area (Å²) >= 11 is 0. The Labute approximate surface area is 606 Å². The Hall–Kier alpha value is -12.9. The van der Waals surface area contributed by atoms with Gasteiger partial charge in [0.2, 0.25) is 11.5 Å². The molecule has 1 atom stereocenters. The van der Waals surface area contributed by atoms with E-state index in [0.29, 0.717) is 56.9 Å². The highest BCUT2D eigenvalue weighted by atomic mass is 19.1. The minimum absolute atomic E-state index is 0.00171. The smallest absolute Gasteiger partial charge is 0.296 e. The minimum atomic E-state index is -0.914. The number of ketones is 4. The Morgan fingerprint density at radius 1 is 0.509 bits per heavy atom. The highest BCUT2D eigenvalue weighted by Crippen LogP contribution is 2.36. The molecule has 12 aromatic rings. The van der Waals surface area contributed by atoms with Crippen molar-refractivity contribution in [1.29, 1.82) is 0 Å². The quantitative estimate of drug-likeness (QED) is 0.0287. The number of aromatic nitrogens is 9. The van der Waals surface area contributed by atoms with Crippen LogP contribution in [0.2, 0.25) is 0 Å². The Balaban J connectivity index is 0.000000154. The maximum absolute atomic E-state index is 13.1. The lowest BCUT2D eigenvalue weighted by Gasteiger charge is -2.26. The van der Waals surface area contributed by atoms with E-state index in [1.807, 2.05) is 60.7 Å². The molecule has 0 saturated carbocycles. The Bertz CT molecular complexity index is 5270. The number of carbonyl (C=O) groups is 4. The first-order chi connectivity index (χ1) is 50.7. The molecular formula is C81H77F2N11O12. The van der Waals surface area contributed by atoms with Gasteiger partial charge in [0.15, 0.2) is 45.8 Å². The summed E-state index contributed by atoms with van der Waals surface area (Å²) in [5.41, 5.74) is 2.99. The van der Waals surface area contributed by atoms with Crippen LogP contribution in [0, 0.1) is 11.6 Å². The van der Waals surface area contributed by atoms with Crippen LogP contribution in [0.15, 0.2) is 226 Å². The van der Waals surface area contributed by atoms with Gasteiger partial charge in [-0.05, 0) is 114 Å². The van der Waals surface area contributed by atoms with Crippen molar-refractivity contribution in [2.24, 2.45) is 14.1 Å². The standard InChI is InChI=1S/C25H25FN2O4.C24H24FN3O4.C17H15N3O2.C15H13N3O2/c1-25(2,15-20(30)17-7-5-4-6-8-17)24-27-21(22(31)23(32)28(24)3)19(29)14-11-16-9-12-18(26)13-10-16;1-24(2,14-19(30)17-6-4-5-13-26-17)23-27-20(21(31)22(32)28(23)3)18(29)12-9-15-7-10-16(25)11-8-15;21-16-10-15(13-6-3-9-18-17(13)20(16)22)19-14-8-7-11-4-1-2-5-12(11)14;19-14-9-13(17-10-11-5-2-1-3-6-11)12-7-4-8-16-15(12)18(14)20/h4-10,12-13,31H,11,14-15H2,1-3H3;4-8,10-11,13,31H,9,12,14H2,1-3H3;1-6,9-10,14,19,22H,7-8H2;1-9,17,20H,10H2. The zero-order valence-corrected chi connectivity index (χ0v) is 58.9. The molecule has 7 aromatic heterocycles. The predicted octanol–water partition coefficient (Wildman–Crippen LogP) is 12.4. The molecule has 1 unspecified atom stereocenters. The fourth-order valence-electron chi connectivity index (χ4n) is 12.4. The number of Topliss-reactive ketones (excluding diaryl/α,β-unsaturated/α-hetero) is 4. The van der Waals surface area contributed by atoms with Gasteiger partial charge < -0.3 is 31.3 Å². The predicted molar refractivity (Wildman–Crippen MR) is 396 cm³/mol. The van der Waals surface area contributed by atoms with Gasteiger partial charge in [0, 0.05) is 104 Å². The van der Waals surface area contributed by atoms with E-state index in [9.17, 15) is 67.8 Å². The first-order valence-electron chi connectivity index (χ1n) is 33.9. The number of hydrogen-bond donors (Lipinski definition) is 6. The van der Waals surface area contributed by atoms with E-state index in [1.165, 1.54) is 78.6 Å². The number of halogens is 2. The van der Waals surface area contributed by atoms with Gasteiger partial charge in [0.1, 0.15) is 29.0 Å². The third-order valence-electron chi connectivity index (χ3n) is 17.9. The fraction of sp³-hybridized carbons (Fsp3) is 0.222. The van der Waals surface area contributed by atoms with Gasteiger partial charge in [-0.2, -0.15) is 0 Å². The number of rotatable bonds is 21. The molecule has 5 aromatic carbocycles. The van der Waals surface area contributed by atoms with Crippen molar-refractivity contribution >= 4 is 56.6 Å². The van der Waals surface area contributed by atoms with Crippen LogP contribution >= 0.6 is 0 Å². The lowest BCUT2D eigenvalue weighted by molar-refractivity contribution is 0.0941. The highest BCUT2D eigenvalue weighted by Gasteiger charge is 2.34. The Morgan fingerprint density at radius 2 is 0.962 bits per heavy atom. The molecular weight excluding hydrogens is 1360 g/mol. The molecule has 0 saturated heterocycles. The number of carbonyl (C=O) groups excluding carboxylic acids is 4. The van der Waals surface area contributed by atoms with Gasteiger partial charge in [-0.15, -0.1) is 9.46 Å². The average Bonchev–Trinajstić information content (AvgIpc) is 0.933. The van der Waals surface area contributed by atoms with E-state index >= 15 is 0 Å². The normalized spacial score (nSPS) is 12.3. The number of aromatic hydroxyl groups is 2. The van der Waals surface area contributed by atoms with E-state index in [1.54, 1.807) is 113 Å². The molecule has 1 aliphatic carbocycles. The molecule has 1 aliphatic rings. The monoisotopic (exact) mass is 1430 g/mol. The second kappa shape index (κ2) is 33.5. The second-order valence-electron chi connectivity index (χ2n) is 26.6. The highest BCUT2D eigenvalue weighted by molar-refractivity contribution is 5.99. The molecule has 6 N–H and O–H groups in total. The molecule has 7 heterocycles. The summed E-state index contributed by atoms with van der Waals surface area (Å²) in [7, 11) is 2.88. The zero-order chi connectivity index (χ0) is 76.0. The third-order valence-corrected chi connectivity index (χ3v) is 17.9. The maximum Gasteiger partial charge on any atom is 0.296 e. The van der Waals surface area contributed by atoms with Crippen molar-refractivity contribution in [1.82, 2.24) is 43.5 Å². The summed E-state index contributed by atoms with van der Waals surface area (Å²) in [4.78, 5) is 121. The summed E-state index contributed by atoms with van der Waals surface area (Å²) in [5.74, 6) is -3.14. The van der Waals surface area contributed by atoms with Crippen molar-refractivity contribution in [3.05, 3.63) is 322 Å². The molecule has 0 spiro atoms. The van der Waals surface area contributed by atoms with Gasteiger partial charge >= 0.3 is 0 Å². The van der Waals surface area contributed by atoms with Crippen LogP contribution in [-0.2, 0) is 50.7 Å². The average molecular weight is 1430 g/mol. The summed E-state index contributed by atoms with van der Waals surface area (Å²) in [6, 6.07) is 53.7. The van der Waals surface area contributed by atoms with Crippen LogP contribution < -0.4 is 32.9 Å². The molecule has 0 bridgehead atoms. The Morgan fingerprint density at radius 3 is 1.47 bits per heavy atom. The largest absolute Gasteiger partial charge is 0.501 e. The number of benzene rings is 5. The number of aryl methyl sites for hydroxylation is 3. The van der Waals surface area contributed by atoms with Crippen LogP contribution in [0.3, 0.4) is 0 Å². The number of nitrogens with zero attached hydrogens (tertiary/aromatic N) is 9. The summed E-state index contributed by atoms with van der Waals surface area (Å²) in [6.45, 7) is 7.59. The van der Waals surface area contributed by atoms with Gasteiger partial charge in [0.25, 0.3) is 22.2 Å². The van der Waals surface area contributed by atoms with Crippen molar-refractivity contribution < 1.29 is 48.6 Å². The molecule has 25 heteroatoms. The maximum atomic E-state index is 13.1. The van der Waals surface area contributed by atoms with Crippen LogP contribution in [0.1, 0.15) is 147 Å². The molecule has 0 aliphatic heterocycles. The van der Waals surface area contributed by atoms with Crippen molar-refractivity contribution in [2.75, 3.05) is 10.6 Å². The van der Waals surface area contributed by atoms with Gasteiger partial charge in [-0.3, -0.25) is 52.5 Å². The van der Waals surface area contributed by atoms with Crippen LogP contribution in [0.25, 0.3) is 22.1 Å². The SMILES string of the molecule is Cn1c(C(C)(C)CC(=O)c2ccccc2)nc(C(=O)CCc2ccc(F)cc2)c(O)c1=O.Cn1c(C(C)(C)CC(=O)c2ccccn2)nc(C(=O)CCc2ccc(F)cc2)c(O)c1=O.O=c1cc(NC2CCc3ccccc32)c2cccnc2n1O.O=c1cc(NCc2ccccc2)c2cccnc2n1O. The Kier molecular flexibility index (Phi) is 23.9. The first-order valence-corrected chi connectivity index (χ1v) is 33.9. The van der Waals surface area contributed by atoms with E-state index < -0.39 is 56.1 Å². The van der Waals surface area contributed by atoms with Crippen LogP contribution in [0.5, 0.6) is 11.5 Å². The van der Waals surface area contributed by atoms with Gasteiger partial charge in [-0.1, -0.05) is 143 Å². The minimum Gasteiger partial charge on any atom is -0.501 e. The topological polar surface area (TPSA) is 326 Å². The van der Waals surface area contributed by atoms with Crippen LogP contribution in [0.4, 0.5) is 20.2 Å². The molecule has 23 nitrogen and oxygen atoms in total. The molecule has 0 amide bonds. The lowest BCUT2D eigenvalue weighted by atomic mass is 9.84. The molecule has 0 radical (unpaired) electrons. The molecule has 106 heavy (non-hydrogen) atoms. The second-order valence-corrected chi connectivity index (χ2v) is 26.6. The molecule has 0 fully saturated rings. The number of hydrogen-bond acceptors (Lipinski definition) is 19. The van der Waals surface area contributed by atoms with E-state index in [2.05, 4.69) is 47.7 Å². The number of nitrogens with one attached hydrogen (secondary N) is 2. The molecule has 542 valence electrons. The first kappa shape index (κ1) is 75.7. The van der Waals surface area contributed by atoms with Gasteiger partial charge in [-0.25, -0.2) is 28.7 Å². The van der Waals surface area contributed by atoms with Crippen molar-refractivity contribution in [2.45, 2.75) is 102 Å². The van der Waals surface area contributed by atoms with Gasteiger partial charge in [0.05, 0.1) is 17.4 Å². The fourth-order valence-corrected chi connectivity index (χ4v) is 12.4. The van der Waals surface area contributed by atoms with E-state index in [0.717, 1.165) is 39.5 Å². The molecule has 13 rings (SSSR count). The van der Waals surface area contributed by atoms with Crippen molar-refractivity contribution in [3.63, 3.8) is 0 Å². The summed E-state index contributed by atoms with van der Waals surface area (Å²) in [5, 5.41) is 48.2. The third kappa shape index (κ3) is 18.1. The number of fused-ring (bicyclic) bond motifs is 3. The summed E-state index contributed by atoms with van der Waals surface area (Å²) < 4.78 is 29.6. The summed E-state index contributed by atoms with van der Waals surface area (Å²) in [6.07, 6.45) is 7.26. The van der Waals surface area contributed by atoms with Crippen molar-refractivity contribution in [3.8, 4) is 11.5 Å². The van der Waals surface area contributed by atoms with E-state index in [-0.39, 0.29) is 89.3 Å². The van der Waals surface area contributed by atoms with E-state index in [4.69, 9.17) is 0 Å². The lowest BCUT2D eigenvalue weighted by Crippen LogP contribution is -2.34. The number of anilines is 2. The number of pyridine rings is 5. The van der Waals surface area contributed by atoms with Crippen LogP contribution in [-0.4, -0.2) is 87.3 Å².